The average molecular weight is 1070 g/mol. The topological polar surface area (TPSA) is 175 Å². The largest absolute Gasteiger partial charge is 0.479 e. The van der Waals surface area contributed by atoms with Crippen LogP contribution in [0.15, 0.2) is 146 Å². The van der Waals surface area contributed by atoms with E-state index in [4.69, 9.17) is 23.7 Å². The fourth-order valence-corrected chi connectivity index (χ4v) is 7.53. The lowest BCUT2D eigenvalue weighted by Gasteiger charge is -2.40. The van der Waals surface area contributed by atoms with E-state index >= 15 is 0 Å². The highest BCUT2D eigenvalue weighted by molar-refractivity contribution is 5.74. The van der Waals surface area contributed by atoms with Crippen LogP contribution < -0.4 is 0 Å². The minimum absolute atomic E-state index is 0.0794. The first kappa shape index (κ1) is 69.6. The van der Waals surface area contributed by atoms with E-state index in [2.05, 4.69) is 136 Å². The Balaban J connectivity index is 2.77. The Morgan fingerprint density at radius 2 is 0.857 bits per heavy atom. The lowest BCUT2D eigenvalue weighted by molar-refractivity contribution is -0.301. The van der Waals surface area contributed by atoms with E-state index in [1.807, 2.05) is 30.4 Å². The molecule has 6 unspecified atom stereocenters. The molecule has 1 saturated heterocycles. The first-order valence-corrected chi connectivity index (χ1v) is 28.8. The summed E-state index contributed by atoms with van der Waals surface area (Å²) < 4.78 is 28.2. The molecule has 1 rings (SSSR count). The zero-order valence-corrected chi connectivity index (χ0v) is 47.1. The highest BCUT2D eigenvalue weighted by Gasteiger charge is 2.50. The quantitative estimate of drug-likeness (QED) is 0.0228. The number of carboxylic acid groups (broad SMARTS) is 1. The van der Waals surface area contributed by atoms with Gasteiger partial charge in [0.1, 0.15) is 18.8 Å². The molecule has 0 spiro atoms. The number of allylic oxidation sites excluding steroid dienone is 24. The van der Waals surface area contributed by atoms with Crippen LogP contribution in [0.2, 0.25) is 0 Å². The maximum absolute atomic E-state index is 13.1. The van der Waals surface area contributed by atoms with Gasteiger partial charge in [-0.15, -0.1) is 0 Å². The molecule has 0 aromatic carbocycles. The van der Waals surface area contributed by atoms with Gasteiger partial charge < -0.3 is 39.0 Å². The predicted octanol–water partition coefficient (Wildman–Crippen LogP) is 14.8. The molecule has 6 atom stereocenters. The molecule has 0 radical (unpaired) electrons. The lowest BCUT2D eigenvalue weighted by Crippen LogP contribution is -2.61. The third kappa shape index (κ3) is 41.4. The summed E-state index contributed by atoms with van der Waals surface area (Å²) in [7, 11) is 0. The van der Waals surface area contributed by atoms with Crippen LogP contribution in [0.3, 0.4) is 0 Å². The molecule has 0 aromatic rings. The second kappa shape index (κ2) is 51.4. The van der Waals surface area contributed by atoms with Crippen LogP contribution in [0.4, 0.5) is 0 Å². The first-order chi connectivity index (χ1) is 37.6. The van der Waals surface area contributed by atoms with Crippen LogP contribution in [0, 0.1) is 0 Å². The van der Waals surface area contributed by atoms with Crippen molar-refractivity contribution in [1.29, 1.82) is 0 Å². The summed E-state index contributed by atoms with van der Waals surface area (Å²) in [5.74, 6) is -3.35. The number of carbonyl (C=O) groups excluding carboxylic acids is 3. The van der Waals surface area contributed by atoms with Gasteiger partial charge in [0.15, 0.2) is 24.6 Å². The summed E-state index contributed by atoms with van der Waals surface area (Å²) in [6.45, 7) is 5.61. The van der Waals surface area contributed by atoms with Crippen molar-refractivity contribution in [3.05, 3.63) is 146 Å². The molecule has 3 N–H and O–H groups in total. The van der Waals surface area contributed by atoms with Gasteiger partial charge in [-0.2, -0.15) is 0 Å². The minimum atomic E-state index is -1.94. The normalized spacial score (nSPS) is 19.1. The molecule has 1 aliphatic rings. The second-order valence-corrected chi connectivity index (χ2v) is 18.8. The summed E-state index contributed by atoms with van der Waals surface area (Å²) in [6.07, 6.45) is 61.3. The first-order valence-electron chi connectivity index (χ1n) is 28.8. The monoisotopic (exact) mass is 1070 g/mol. The standard InChI is InChI=1S/C65H98O12/c1-4-7-10-13-16-19-22-24-26-28-29-31-33-35-38-41-44-47-50-53-59(68)76-63-61(70)60(69)62(64(71)72)77-65(63)74-55-56(75-58(67)52-49-46-43-40-36-21-18-15-12-9-6-3)54-73-57(66)51-48-45-42-39-37-34-32-30-27-25-23-20-17-14-11-8-5-2/h7-8,10-11,15-20,24-27,29,31-32,34-35,38-39,42,44,47,56,60-63,65,69-70H,4-6,9,12-14,21-23,28,30,33,36-37,40-41,43,45-46,48-55H2,1-3H3,(H,71,72)/b10-7-,11-8-,18-15-,19-16-,20-17-,26-24-,27-25-,31-29-,34-32-,38-35-,42-39-,47-44-. The number of ether oxygens (including phenoxy) is 5. The van der Waals surface area contributed by atoms with Gasteiger partial charge >= 0.3 is 23.9 Å². The van der Waals surface area contributed by atoms with Gasteiger partial charge in [-0.25, -0.2) is 4.79 Å². The summed E-state index contributed by atoms with van der Waals surface area (Å²) >= 11 is 0. The lowest BCUT2D eigenvalue weighted by atomic mass is 9.98. The van der Waals surface area contributed by atoms with Crippen molar-refractivity contribution in [2.75, 3.05) is 13.2 Å². The number of hydrogen-bond donors (Lipinski definition) is 3. The van der Waals surface area contributed by atoms with E-state index in [0.717, 1.165) is 103 Å². The van der Waals surface area contributed by atoms with Crippen LogP contribution in [0.5, 0.6) is 0 Å². The molecular weight excluding hydrogens is 973 g/mol. The van der Waals surface area contributed by atoms with Crippen molar-refractivity contribution >= 4 is 23.9 Å². The van der Waals surface area contributed by atoms with Gasteiger partial charge in [0.2, 0.25) is 0 Å². The molecule has 1 fully saturated rings. The minimum Gasteiger partial charge on any atom is -0.479 e. The Morgan fingerprint density at radius 1 is 0.442 bits per heavy atom. The number of aliphatic hydroxyl groups is 2. The number of unbranched alkanes of at least 4 members (excludes halogenated alkanes) is 8. The molecule has 0 bridgehead atoms. The number of carbonyl (C=O) groups is 4. The molecule has 77 heavy (non-hydrogen) atoms. The van der Waals surface area contributed by atoms with Gasteiger partial charge in [-0.1, -0.05) is 199 Å². The third-order valence-electron chi connectivity index (χ3n) is 11.9. The van der Waals surface area contributed by atoms with Crippen LogP contribution in [0.1, 0.15) is 188 Å². The fraction of sp³-hybridized carbons (Fsp3) is 0.569. The Bertz CT molecular complexity index is 1890. The summed E-state index contributed by atoms with van der Waals surface area (Å²) in [5.41, 5.74) is 0. The zero-order valence-electron chi connectivity index (χ0n) is 47.1. The molecule has 0 amide bonds. The number of carboxylic acids is 1. The summed E-state index contributed by atoms with van der Waals surface area (Å²) in [6, 6.07) is 0. The van der Waals surface area contributed by atoms with E-state index in [-0.39, 0.29) is 25.9 Å². The van der Waals surface area contributed by atoms with Crippen molar-refractivity contribution in [2.45, 2.75) is 225 Å². The van der Waals surface area contributed by atoms with Crippen molar-refractivity contribution in [2.24, 2.45) is 0 Å². The van der Waals surface area contributed by atoms with E-state index in [9.17, 15) is 34.5 Å². The Kier molecular flexibility index (Phi) is 46.4. The van der Waals surface area contributed by atoms with E-state index in [1.165, 1.54) is 12.8 Å². The number of aliphatic carboxylic acids is 1. The number of rotatable bonds is 46. The van der Waals surface area contributed by atoms with E-state index in [1.54, 1.807) is 0 Å². The molecular formula is C65H98O12. The molecule has 12 nitrogen and oxygen atoms in total. The predicted molar refractivity (Wildman–Crippen MR) is 312 cm³/mol. The molecule has 12 heteroatoms. The van der Waals surface area contributed by atoms with Crippen molar-refractivity contribution in [3.63, 3.8) is 0 Å². The maximum Gasteiger partial charge on any atom is 0.335 e. The summed E-state index contributed by atoms with van der Waals surface area (Å²) in [5, 5.41) is 31.4. The molecule has 430 valence electrons. The van der Waals surface area contributed by atoms with Gasteiger partial charge in [0.25, 0.3) is 0 Å². The van der Waals surface area contributed by atoms with Crippen molar-refractivity contribution in [1.82, 2.24) is 0 Å². The SMILES string of the molecule is CC/C=C\C/C=C\C/C=C\C/C=C\C/C=C\C/C=C\CCC(=O)OC1C(OCC(COC(=O)CCC/C=C\C/C=C\C/C=C\C/C=C\C/C=C\CC)OC(=O)CCCCCCC/C=C\CCCC)OC(C(=O)O)C(O)C1O. The van der Waals surface area contributed by atoms with Crippen LogP contribution in [-0.2, 0) is 42.9 Å². The van der Waals surface area contributed by atoms with Crippen LogP contribution in [0.25, 0.3) is 0 Å². The highest BCUT2D eigenvalue weighted by Crippen LogP contribution is 2.26. The molecule has 0 aromatic heterocycles. The van der Waals surface area contributed by atoms with Crippen molar-refractivity contribution < 1.29 is 58.2 Å². The zero-order chi connectivity index (χ0) is 56.1. The van der Waals surface area contributed by atoms with Crippen LogP contribution >= 0.6 is 0 Å². The Morgan fingerprint density at radius 3 is 1.35 bits per heavy atom. The fourth-order valence-electron chi connectivity index (χ4n) is 7.53. The van der Waals surface area contributed by atoms with E-state index in [0.29, 0.717) is 32.1 Å². The molecule has 1 heterocycles. The molecule has 1 aliphatic heterocycles. The maximum atomic E-state index is 13.1. The number of esters is 3. The number of aliphatic hydroxyl groups excluding tert-OH is 2. The third-order valence-corrected chi connectivity index (χ3v) is 11.9. The van der Waals surface area contributed by atoms with Crippen molar-refractivity contribution in [3.8, 4) is 0 Å². The number of hydrogen-bond acceptors (Lipinski definition) is 11. The second-order valence-electron chi connectivity index (χ2n) is 18.8. The Labute approximate surface area is 463 Å². The molecule has 0 saturated carbocycles. The van der Waals surface area contributed by atoms with Gasteiger partial charge in [-0.3, -0.25) is 14.4 Å². The smallest absolute Gasteiger partial charge is 0.335 e. The summed E-state index contributed by atoms with van der Waals surface area (Å²) in [4.78, 5) is 51.0. The average Bonchev–Trinajstić information content (AvgIpc) is 3.42. The van der Waals surface area contributed by atoms with Gasteiger partial charge in [0, 0.05) is 19.3 Å². The van der Waals surface area contributed by atoms with E-state index < -0.39 is 67.3 Å². The van der Waals surface area contributed by atoms with Crippen LogP contribution in [-0.4, -0.2) is 89.2 Å². The Hall–Kier alpha value is -5.40. The van der Waals surface area contributed by atoms with Gasteiger partial charge in [0.05, 0.1) is 6.61 Å². The highest BCUT2D eigenvalue weighted by atomic mass is 16.7. The van der Waals surface area contributed by atoms with Gasteiger partial charge in [-0.05, 0) is 116 Å². The molecule has 0 aliphatic carbocycles.